The maximum atomic E-state index is 12.7. The van der Waals surface area contributed by atoms with Crippen molar-refractivity contribution in [3.63, 3.8) is 0 Å². The Morgan fingerprint density at radius 2 is 1.82 bits per heavy atom. The van der Waals surface area contributed by atoms with Gasteiger partial charge in [-0.15, -0.1) is 0 Å². The number of fused-ring (bicyclic) bond motifs is 1. The number of benzene rings is 2. The minimum absolute atomic E-state index is 0.139. The zero-order chi connectivity index (χ0) is 19.8. The largest absolute Gasteiger partial charge is 0.493 e. The second-order valence-corrected chi connectivity index (χ2v) is 6.99. The van der Waals surface area contributed by atoms with E-state index in [1.54, 1.807) is 20.4 Å². The van der Waals surface area contributed by atoms with Crippen LogP contribution in [0.1, 0.15) is 24.0 Å². The van der Waals surface area contributed by atoms with Crippen LogP contribution in [0.3, 0.4) is 0 Å². The number of ether oxygens (including phenoxy) is 2. The molecule has 28 heavy (non-hydrogen) atoms. The summed E-state index contributed by atoms with van der Waals surface area (Å²) in [6, 6.07) is 14.1. The topological polar surface area (TPSA) is 59.9 Å². The molecule has 5 heteroatoms. The lowest BCUT2D eigenvalue weighted by atomic mass is 9.95. The fourth-order valence-corrected chi connectivity index (χ4v) is 3.43. The van der Waals surface area contributed by atoms with E-state index in [2.05, 4.69) is 34.6 Å². The van der Waals surface area contributed by atoms with Crippen molar-refractivity contribution in [2.45, 2.75) is 25.7 Å². The maximum absolute atomic E-state index is 12.7. The molecular weight excluding hydrogens is 352 g/mol. The molecule has 0 spiro atoms. The Morgan fingerprint density at radius 3 is 2.57 bits per heavy atom. The van der Waals surface area contributed by atoms with Crippen LogP contribution in [0.5, 0.6) is 11.5 Å². The number of hydrogen-bond donors (Lipinski definition) is 1. The van der Waals surface area contributed by atoms with Gasteiger partial charge in [0.25, 0.3) is 0 Å². The number of ketones is 1. The molecule has 0 aromatic heterocycles. The van der Waals surface area contributed by atoms with E-state index in [0.717, 1.165) is 43.6 Å². The molecule has 1 unspecified atom stereocenters. The van der Waals surface area contributed by atoms with E-state index in [9.17, 15) is 4.79 Å². The Bertz CT molecular complexity index is 818. The van der Waals surface area contributed by atoms with Crippen LogP contribution in [0, 0.1) is 5.92 Å². The fourth-order valence-electron chi connectivity index (χ4n) is 3.43. The van der Waals surface area contributed by atoms with Crippen LogP contribution in [0.4, 0.5) is 5.69 Å². The third kappa shape index (κ3) is 5.20. The molecule has 5 nitrogen and oxygen atoms in total. The van der Waals surface area contributed by atoms with Crippen molar-refractivity contribution in [2.75, 3.05) is 27.3 Å². The van der Waals surface area contributed by atoms with Gasteiger partial charge in [0, 0.05) is 18.7 Å². The SMILES string of the molecule is COc1cc2c(cc1OC)N=CC(CCCNCCc1ccccc1)C(=O)C2. The number of rotatable bonds is 9. The van der Waals surface area contributed by atoms with Gasteiger partial charge in [-0.3, -0.25) is 9.79 Å². The van der Waals surface area contributed by atoms with Crippen molar-refractivity contribution in [2.24, 2.45) is 10.9 Å². The molecule has 0 saturated heterocycles. The first-order valence-electron chi connectivity index (χ1n) is 9.77. The summed E-state index contributed by atoms with van der Waals surface area (Å²) in [4.78, 5) is 17.2. The molecule has 1 heterocycles. The van der Waals surface area contributed by atoms with E-state index in [4.69, 9.17) is 9.47 Å². The summed E-state index contributed by atoms with van der Waals surface area (Å²) in [6.07, 6.45) is 4.94. The molecule has 0 amide bonds. The van der Waals surface area contributed by atoms with E-state index in [-0.39, 0.29) is 11.7 Å². The van der Waals surface area contributed by atoms with Crippen molar-refractivity contribution < 1.29 is 14.3 Å². The lowest BCUT2D eigenvalue weighted by Gasteiger charge is -2.11. The van der Waals surface area contributed by atoms with Gasteiger partial charge in [-0.25, -0.2) is 0 Å². The summed E-state index contributed by atoms with van der Waals surface area (Å²) in [5.74, 6) is 1.33. The molecule has 1 aliphatic rings. The maximum Gasteiger partial charge on any atom is 0.162 e. The van der Waals surface area contributed by atoms with E-state index in [1.807, 2.05) is 18.2 Å². The van der Waals surface area contributed by atoms with E-state index in [0.29, 0.717) is 17.9 Å². The second kappa shape index (κ2) is 10.0. The van der Waals surface area contributed by atoms with Gasteiger partial charge in [-0.2, -0.15) is 0 Å². The molecule has 2 aromatic rings. The van der Waals surface area contributed by atoms with E-state index >= 15 is 0 Å². The third-order valence-electron chi connectivity index (χ3n) is 5.06. The van der Waals surface area contributed by atoms with Crippen LogP contribution < -0.4 is 14.8 Å². The molecule has 3 rings (SSSR count). The summed E-state index contributed by atoms with van der Waals surface area (Å²) >= 11 is 0. The van der Waals surface area contributed by atoms with Crippen LogP contribution in [-0.4, -0.2) is 39.3 Å². The second-order valence-electron chi connectivity index (χ2n) is 6.99. The minimum atomic E-state index is -0.139. The first kappa shape index (κ1) is 20.1. The van der Waals surface area contributed by atoms with Gasteiger partial charge in [0.2, 0.25) is 0 Å². The summed E-state index contributed by atoms with van der Waals surface area (Å²) in [5.41, 5.74) is 3.02. The Labute approximate surface area is 166 Å². The lowest BCUT2D eigenvalue weighted by Crippen LogP contribution is -2.22. The fraction of sp³-hybridized carbons (Fsp3) is 0.391. The normalized spacial score (nSPS) is 15.8. The van der Waals surface area contributed by atoms with Crippen LogP contribution in [0.25, 0.3) is 0 Å². The smallest absolute Gasteiger partial charge is 0.162 e. The number of nitrogens with one attached hydrogen (secondary N) is 1. The van der Waals surface area contributed by atoms with Crippen molar-refractivity contribution in [1.82, 2.24) is 5.32 Å². The average molecular weight is 380 g/mol. The molecule has 2 aromatic carbocycles. The summed E-state index contributed by atoms with van der Waals surface area (Å²) in [7, 11) is 3.20. The lowest BCUT2D eigenvalue weighted by molar-refractivity contribution is -0.120. The number of carbonyl (C=O) groups excluding carboxylic acids is 1. The van der Waals surface area contributed by atoms with Crippen LogP contribution in [0.2, 0.25) is 0 Å². The molecule has 1 aliphatic heterocycles. The van der Waals surface area contributed by atoms with Gasteiger partial charge >= 0.3 is 0 Å². The van der Waals surface area contributed by atoms with E-state index in [1.165, 1.54) is 5.56 Å². The summed E-state index contributed by atoms with van der Waals surface area (Å²) in [5, 5.41) is 3.46. The number of methoxy groups -OCH3 is 2. The molecule has 1 atom stereocenters. The highest BCUT2D eigenvalue weighted by molar-refractivity contribution is 5.99. The number of Topliss-reactive ketones (excluding diaryl/α,β-unsaturated/α-hetero) is 1. The highest BCUT2D eigenvalue weighted by Crippen LogP contribution is 2.36. The Hall–Kier alpha value is -2.66. The number of hydrogen-bond acceptors (Lipinski definition) is 5. The minimum Gasteiger partial charge on any atom is -0.493 e. The zero-order valence-corrected chi connectivity index (χ0v) is 16.6. The monoisotopic (exact) mass is 380 g/mol. The molecule has 0 bridgehead atoms. The molecular formula is C23H28N2O3. The van der Waals surface area contributed by atoms with Gasteiger partial charge in [0.1, 0.15) is 5.78 Å². The number of carbonyl (C=O) groups is 1. The first-order chi connectivity index (χ1) is 13.7. The number of nitrogens with zero attached hydrogens (tertiary/aromatic N) is 1. The van der Waals surface area contributed by atoms with Crippen molar-refractivity contribution in [3.05, 3.63) is 53.6 Å². The number of aliphatic imine (C=N–C) groups is 1. The van der Waals surface area contributed by atoms with Crippen molar-refractivity contribution >= 4 is 17.7 Å². The first-order valence-corrected chi connectivity index (χ1v) is 9.77. The average Bonchev–Trinajstić information content (AvgIpc) is 2.88. The highest BCUT2D eigenvalue weighted by Gasteiger charge is 2.22. The van der Waals surface area contributed by atoms with Gasteiger partial charge in [-0.05, 0) is 49.5 Å². The molecule has 0 saturated carbocycles. The summed E-state index contributed by atoms with van der Waals surface area (Å²) in [6.45, 7) is 1.85. The predicted octanol–water partition coefficient (Wildman–Crippen LogP) is 3.76. The summed E-state index contributed by atoms with van der Waals surface area (Å²) < 4.78 is 10.7. The van der Waals surface area contributed by atoms with Crippen molar-refractivity contribution in [3.8, 4) is 11.5 Å². The van der Waals surface area contributed by atoms with Crippen LogP contribution in [-0.2, 0) is 17.6 Å². The predicted molar refractivity (Wildman–Crippen MR) is 112 cm³/mol. The Kier molecular flexibility index (Phi) is 7.20. The Morgan fingerprint density at radius 1 is 1.07 bits per heavy atom. The van der Waals surface area contributed by atoms with Gasteiger partial charge in [0.05, 0.1) is 25.8 Å². The standard InChI is InChI=1S/C23H28N2O3/c1-27-22-14-19-13-21(26)18(16-25-20(19)15-23(22)28-2)9-6-11-24-12-10-17-7-4-3-5-8-17/h3-5,7-8,14-16,18,24H,6,9-13H2,1-2H3. The van der Waals surface area contributed by atoms with Crippen LogP contribution >= 0.6 is 0 Å². The Balaban J connectivity index is 1.48. The highest BCUT2D eigenvalue weighted by atomic mass is 16.5. The van der Waals surface area contributed by atoms with Gasteiger partial charge in [-0.1, -0.05) is 30.3 Å². The molecule has 1 N–H and O–H groups in total. The van der Waals surface area contributed by atoms with Crippen molar-refractivity contribution in [1.29, 1.82) is 0 Å². The molecule has 0 aliphatic carbocycles. The van der Waals surface area contributed by atoms with E-state index < -0.39 is 0 Å². The molecule has 0 fully saturated rings. The quantitative estimate of drug-likeness (QED) is 0.673. The van der Waals surface area contributed by atoms with Gasteiger partial charge < -0.3 is 14.8 Å². The third-order valence-corrected chi connectivity index (χ3v) is 5.06. The van der Waals surface area contributed by atoms with Crippen LogP contribution in [0.15, 0.2) is 47.5 Å². The zero-order valence-electron chi connectivity index (χ0n) is 16.6. The molecule has 148 valence electrons. The molecule has 0 radical (unpaired) electrons. The van der Waals surface area contributed by atoms with Gasteiger partial charge in [0.15, 0.2) is 11.5 Å².